The van der Waals surface area contributed by atoms with Gasteiger partial charge in [-0.1, -0.05) is 56.1 Å². The molecule has 334 valence electrons. The second-order valence-electron chi connectivity index (χ2n) is 18.0. The van der Waals surface area contributed by atoms with Crippen LogP contribution in [-0.4, -0.2) is 96.2 Å². The number of nitro benzene ring substituents is 1. The number of allylic oxidation sites excluding steroid dienone is 1. The van der Waals surface area contributed by atoms with Crippen LogP contribution >= 0.6 is 23.5 Å². The number of hydrogen-bond acceptors (Lipinski definition) is 11. The number of nitrogens with zero attached hydrogens (tertiary/aromatic N) is 5. The summed E-state index contributed by atoms with van der Waals surface area (Å²) < 4.78 is 10.1. The summed E-state index contributed by atoms with van der Waals surface area (Å²) in [5, 5.41) is 20.8. The second kappa shape index (κ2) is 20.9. The van der Waals surface area contributed by atoms with Gasteiger partial charge in [0.1, 0.15) is 22.8 Å². The number of fused-ring (bicyclic) bond motifs is 1. The lowest BCUT2D eigenvalue weighted by Gasteiger charge is -2.39. The number of anilines is 2. The molecule has 5 aromatic rings. The van der Waals surface area contributed by atoms with E-state index in [-0.39, 0.29) is 16.0 Å². The maximum Gasteiger partial charge on any atom is 0.293 e. The van der Waals surface area contributed by atoms with Crippen LogP contribution in [0.2, 0.25) is 5.02 Å². The number of rotatable bonds is 18. The Morgan fingerprint density at radius 2 is 1.79 bits per heavy atom. The third kappa shape index (κ3) is 11.9. The molecule has 3 aliphatic rings. The van der Waals surface area contributed by atoms with E-state index in [1.54, 1.807) is 17.8 Å². The monoisotopic (exact) mass is 891 g/mol. The highest BCUT2D eigenvalue weighted by atomic mass is 35.5. The number of halogens is 1. The molecule has 14 heteroatoms. The number of likely N-dealkylation sites (tertiary alicyclic amines) is 1. The van der Waals surface area contributed by atoms with Crippen molar-refractivity contribution in [3.05, 3.63) is 117 Å². The van der Waals surface area contributed by atoms with E-state index in [0.717, 1.165) is 116 Å². The first-order valence-corrected chi connectivity index (χ1v) is 23.8. The van der Waals surface area contributed by atoms with Crippen molar-refractivity contribution in [1.29, 1.82) is 0 Å². The van der Waals surface area contributed by atoms with E-state index in [1.807, 2.05) is 42.6 Å². The molecule has 4 N–H and O–H groups in total. The predicted molar refractivity (Wildman–Crippen MR) is 259 cm³/mol. The van der Waals surface area contributed by atoms with Gasteiger partial charge in [-0.2, -0.15) is 0 Å². The summed E-state index contributed by atoms with van der Waals surface area (Å²) in [6.07, 6.45) is 10.3. The van der Waals surface area contributed by atoms with Crippen molar-refractivity contribution < 1.29 is 9.66 Å². The molecule has 8 rings (SSSR count). The van der Waals surface area contributed by atoms with E-state index < -0.39 is 0 Å². The summed E-state index contributed by atoms with van der Waals surface area (Å²) in [6.45, 7) is 17.1. The highest BCUT2D eigenvalue weighted by Crippen LogP contribution is 2.43. The van der Waals surface area contributed by atoms with Gasteiger partial charge in [0.05, 0.1) is 11.1 Å². The molecular weight excluding hydrogens is 830 g/mol. The van der Waals surface area contributed by atoms with Crippen molar-refractivity contribution in [2.75, 3.05) is 75.7 Å². The molecule has 2 aliphatic heterocycles. The molecule has 3 aromatic carbocycles. The number of H-pyrrole nitrogens is 1. The molecule has 0 atom stereocenters. The zero-order chi connectivity index (χ0) is 43.8. The zero-order valence-corrected chi connectivity index (χ0v) is 38.5. The standard InChI is InChI=1S/C49H62ClN9O3S/c1-4-51-40-16-22-56(23-17-40)21-5-19-52-45-13-12-43(30-46(45)59(60)61)63-55-32-37-8-11-41(29-47(37)62-42-28-36-15-20-53-48(36)54-33-42)58-26-24-57(25-27-58)34-38-14-18-49(2,3)31-44(38)35-6-9-39(50)10-7-35/h6-13,15,20,28-30,33,40,51-52,55H,4-5,14,16-19,21-27,31-32,34H2,1-3H3,(H,53,54). The quantitative estimate of drug-likeness (QED) is 0.0291. The van der Waals surface area contributed by atoms with Gasteiger partial charge in [0.15, 0.2) is 0 Å². The summed E-state index contributed by atoms with van der Waals surface area (Å²) in [7, 11) is 0. The summed E-state index contributed by atoms with van der Waals surface area (Å²) in [5.41, 5.74) is 8.16. The molecule has 0 bridgehead atoms. The van der Waals surface area contributed by atoms with Gasteiger partial charge in [-0.25, -0.2) is 4.98 Å². The van der Waals surface area contributed by atoms with E-state index >= 15 is 0 Å². The van der Waals surface area contributed by atoms with E-state index in [4.69, 9.17) is 16.3 Å². The van der Waals surface area contributed by atoms with Crippen molar-refractivity contribution in [3.63, 3.8) is 0 Å². The topological polar surface area (TPSA) is 127 Å². The Bertz CT molecular complexity index is 2350. The van der Waals surface area contributed by atoms with Crippen molar-refractivity contribution in [3.8, 4) is 11.5 Å². The third-order valence-electron chi connectivity index (χ3n) is 12.8. The predicted octanol–water partition coefficient (Wildman–Crippen LogP) is 10.4. The summed E-state index contributed by atoms with van der Waals surface area (Å²) >= 11 is 7.65. The molecule has 0 amide bonds. The minimum absolute atomic E-state index is 0.0794. The van der Waals surface area contributed by atoms with Crippen molar-refractivity contribution in [2.45, 2.75) is 76.8 Å². The van der Waals surface area contributed by atoms with E-state index in [9.17, 15) is 10.1 Å². The first kappa shape index (κ1) is 45.0. The Morgan fingerprint density at radius 1 is 0.984 bits per heavy atom. The number of aromatic nitrogens is 2. The van der Waals surface area contributed by atoms with Crippen LogP contribution in [0.1, 0.15) is 70.4 Å². The summed E-state index contributed by atoms with van der Waals surface area (Å²) in [5.74, 6) is 1.40. The lowest BCUT2D eigenvalue weighted by molar-refractivity contribution is -0.384. The Balaban J connectivity index is 0.899. The van der Waals surface area contributed by atoms with Crippen LogP contribution in [-0.2, 0) is 6.54 Å². The number of ether oxygens (including phenoxy) is 1. The Kier molecular flexibility index (Phi) is 14.9. The SMILES string of the molecule is CCNC1CCN(CCCNc2ccc(SNCc3ccc(N4CCN(CC5=C(c6ccc(Cl)cc6)CC(C)(C)CC5)CC4)cc3Oc3cnc4[nH]ccc4c3)cc2[N+](=O)[O-])CC1. The summed E-state index contributed by atoms with van der Waals surface area (Å²) in [4.78, 5) is 27.9. The van der Waals surface area contributed by atoms with Crippen LogP contribution in [0.25, 0.3) is 16.6 Å². The van der Waals surface area contributed by atoms with Gasteiger partial charge in [0, 0.05) is 96.7 Å². The van der Waals surface area contributed by atoms with Crippen LogP contribution < -0.4 is 25.0 Å². The molecule has 0 radical (unpaired) electrons. The molecule has 2 aromatic heterocycles. The molecule has 0 saturated carbocycles. The highest BCUT2D eigenvalue weighted by Gasteiger charge is 2.30. The Hall–Kier alpha value is -4.63. The molecule has 2 fully saturated rings. The molecule has 12 nitrogen and oxygen atoms in total. The van der Waals surface area contributed by atoms with E-state index in [2.05, 4.69) is 91.1 Å². The van der Waals surface area contributed by atoms with Crippen LogP contribution in [0.15, 0.2) is 95.7 Å². The van der Waals surface area contributed by atoms with E-state index in [0.29, 0.717) is 30.6 Å². The van der Waals surface area contributed by atoms with Crippen LogP contribution in [0.5, 0.6) is 11.5 Å². The number of benzene rings is 3. The fraction of sp³-hybridized carbons (Fsp3) is 0.449. The lowest BCUT2D eigenvalue weighted by atomic mass is 9.72. The van der Waals surface area contributed by atoms with Crippen LogP contribution in [0.3, 0.4) is 0 Å². The van der Waals surface area contributed by atoms with Gasteiger partial charge in [-0.3, -0.25) is 19.7 Å². The second-order valence-corrected chi connectivity index (χ2v) is 19.4. The molecule has 2 saturated heterocycles. The zero-order valence-electron chi connectivity index (χ0n) is 36.9. The van der Waals surface area contributed by atoms with Gasteiger partial charge in [0.25, 0.3) is 5.69 Å². The normalized spacial score (nSPS) is 17.7. The highest BCUT2D eigenvalue weighted by molar-refractivity contribution is 7.97. The minimum atomic E-state index is -0.301. The van der Waals surface area contributed by atoms with Crippen LogP contribution in [0.4, 0.5) is 17.1 Å². The fourth-order valence-electron chi connectivity index (χ4n) is 9.23. The fourth-order valence-corrected chi connectivity index (χ4v) is 10.1. The number of piperazine rings is 1. The number of aromatic amines is 1. The number of hydrogen-bond donors (Lipinski definition) is 4. The van der Waals surface area contributed by atoms with Gasteiger partial charge in [-0.05, 0) is 136 Å². The van der Waals surface area contributed by atoms with Gasteiger partial charge < -0.3 is 30.2 Å². The Morgan fingerprint density at radius 3 is 2.57 bits per heavy atom. The van der Waals surface area contributed by atoms with Crippen molar-refractivity contribution in [2.24, 2.45) is 5.41 Å². The maximum absolute atomic E-state index is 12.2. The number of pyridine rings is 1. The molecule has 1 aliphatic carbocycles. The molecular formula is C49H62ClN9O3S. The molecule has 4 heterocycles. The lowest BCUT2D eigenvalue weighted by Crippen LogP contribution is -2.47. The first-order chi connectivity index (χ1) is 30.6. The molecule has 0 unspecified atom stereocenters. The van der Waals surface area contributed by atoms with Gasteiger partial charge in [-0.15, -0.1) is 0 Å². The number of nitro groups is 1. The van der Waals surface area contributed by atoms with E-state index in [1.165, 1.54) is 42.3 Å². The number of piperidine rings is 1. The largest absolute Gasteiger partial charge is 0.455 e. The summed E-state index contributed by atoms with van der Waals surface area (Å²) in [6, 6.07) is 24.8. The number of nitrogens with one attached hydrogen (secondary N) is 4. The maximum atomic E-state index is 12.2. The first-order valence-electron chi connectivity index (χ1n) is 22.6. The smallest absolute Gasteiger partial charge is 0.293 e. The minimum Gasteiger partial charge on any atom is -0.455 e. The molecule has 63 heavy (non-hydrogen) atoms. The van der Waals surface area contributed by atoms with Gasteiger partial charge >= 0.3 is 0 Å². The Labute approximate surface area is 381 Å². The van der Waals surface area contributed by atoms with Crippen molar-refractivity contribution >= 4 is 57.2 Å². The van der Waals surface area contributed by atoms with Gasteiger partial charge in [0.2, 0.25) is 0 Å². The van der Waals surface area contributed by atoms with Crippen molar-refractivity contribution in [1.82, 2.24) is 29.8 Å². The average Bonchev–Trinajstić information content (AvgIpc) is 3.76. The third-order valence-corrected chi connectivity index (χ3v) is 13.9. The average molecular weight is 893 g/mol. The van der Waals surface area contributed by atoms with Crippen LogP contribution in [0, 0.1) is 15.5 Å². The molecule has 0 spiro atoms.